The molecule has 1 aromatic rings. The number of ether oxygens (including phenoxy) is 2. The molecule has 6 heteroatoms. The number of thioether (sulfide) groups is 1. The molecular weight excluding hydrogens is 326 g/mol. The normalized spacial score (nSPS) is 15.4. The largest absolute Gasteiger partial charge is 0.496 e. The summed E-state index contributed by atoms with van der Waals surface area (Å²) in [7, 11) is 1.51. The van der Waals surface area contributed by atoms with Crippen molar-refractivity contribution in [1.29, 1.82) is 0 Å². The average Bonchev–Trinajstić information content (AvgIpc) is 2.87. The van der Waals surface area contributed by atoms with Gasteiger partial charge in [0.15, 0.2) is 6.61 Å². The number of hydrogen-bond donors (Lipinski definition) is 1. The summed E-state index contributed by atoms with van der Waals surface area (Å²) in [6, 6.07) is 5.48. The van der Waals surface area contributed by atoms with E-state index >= 15 is 0 Å². The number of rotatable bonds is 6. The van der Waals surface area contributed by atoms with E-state index in [4.69, 9.17) is 9.47 Å². The van der Waals surface area contributed by atoms with E-state index in [0.29, 0.717) is 11.3 Å². The van der Waals surface area contributed by atoms with Gasteiger partial charge in [0, 0.05) is 10.9 Å². The number of nitrogens with one attached hydrogen (secondary N) is 1. The minimum atomic E-state index is -0.546. The smallest absolute Gasteiger partial charge is 0.342 e. The molecule has 0 radical (unpaired) electrons. The molecule has 1 fully saturated rings. The number of carbonyl (C=O) groups excluding carboxylic acids is 2. The van der Waals surface area contributed by atoms with Crippen LogP contribution in [-0.4, -0.2) is 37.9 Å². The molecule has 1 aromatic carbocycles. The first kappa shape index (κ1) is 18.6. The van der Waals surface area contributed by atoms with Crippen molar-refractivity contribution in [2.24, 2.45) is 0 Å². The van der Waals surface area contributed by atoms with Crippen molar-refractivity contribution in [2.45, 2.75) is 49.5 Å². The van der Waals surface area contributed by atoms with Gasteiger partial charge in [0.05, 0.1) is 7.11 Å². The summed E-state index contributed by atoms with van der Waals surface area (Å²) in [4.78, 5) is 25.2. The van der Waals surface area contributed by atoms with Crippen LogP contribution in [0.15, 0.2) is 23.1 Å². The predicted octanol–water partition coefficient (Wildman–Crippen LogP) is 3.41. The summed E-state index contributed by atoms with van der Waals surface area (Å²) in [5, 5.41) is 2.96. The number of amides is 1. The fourth-order valence-corrected chi connectivity index (χ4v) is 3.30. The fraction of sp³-hybridized carbons (Fsp3) is 0.556. The summed E-state index contributed by atoms with van der Waals surface area (Å²) in [6.07, 6.45) is 8.70. The minimum absolute atomic E-state index is 0.203. The van der Waals surface area contributed by atoms with Crippen LogP contribution in [0, 0.1) is 0 Å². The molecule has 0 saturated heterocycles. The van der Waals surface area contributed by atoms with Crippen molar-refractivity contribution < 1.29 is 19.1 Å². The number of hydrogen-bond acceptors (Lipinski definition) is 5. The lowest BCUT2D eigenvalue weighted by Gasteiger charge is -2.16. The van der Waals surface area contributed by atoms with Crippen LogP contribution < -0.4 is 10.1 Å². The van der Waals surface area contributed by atoms with Crippen molar-refractivity contribution in [3.63, 3.8) is 0 Å². The molecule has 1 saturated carbocycles. The van der Waals surface area contributed by atoms with Crippen LogP contribution in [0.1, 0.15) is 48.9 Å². The third-order valence-corrected chi connectivity index (χ3v) is 4.91. The van der Waals surface area contributed by atoms with Gasteiger partial charge in [0.1, 0.15) is 11.3 Å². The first-order valence-electron chi connectivity index (χ1n) is 8.32. The van der Waals surface area contributed by atoms with Crippen molar-refractivity contribution in [1.82, 2.24) is 5.32 Å². The second-order valence-electron chi connectivity index (χ2n) is 5.90. The van der Waals surface area contributed by atoms with Gasteiger partial charge in [-0.2, -0.15) is 0 Å². The lowest BCUT2D eigenvalue weighted by Crippen LogP contribution is -2.37. The SMILES string of the molecule is COc1cc(SC)ccc1C(=O)OCC(=O)NC1CCCCCC1. The van der Waals surface area contributed by atoms with E-state index < -0.39 is 5.97 Å². The number of esters is 1. The monoisotopic (exact) mass is 351 g/mol. The van der Waals surface area contributed by atoms with E-state index in [2.05, 4.69) is 5.32 Å². The lowest BCUT2D eigenvalue weighted by molar-refractivity contribution is -0.125. The summed E-state index contributed by atoms with van der Waals surface area (Å²) in [5.74, 6) is -0.332. The Hall–Kier alpha value is -1.69. The Kier molecular flexibility index (Phi) is 7.43. The van der Waals surface area contributed by atoms with Crippen LogP contribution in [-0.2, 0) is 9.53 Å². The molecule has 24 heavy (non-hydrogen) atoms. The molecule has 1 aliphatic carbocycles. The standard InChI is InChI=1S/C18H25NO4S/c1-22-16-11-14(24-2)9-10-15(16)18(21)23-12-17(20)19-13-7-5-3-4-6-8-13/h9-11,13H,3-8,12H2,1-2H3,(H,19,20). The van der Waals surface area contributed by atoms with E-state index in [0.717, 1.165) is 30.6 Å². The zero-order chi connectivity index (χ0) is 17.4. The number of carbonyl (C=O) groups is 2. The van der Waals surface area contributed by atoms with Gasteiger partial charge in [-0.3, -0.25) is 4.79 Å². The number of benzene rings is 1. The van der Waals surface area contributed by atoms with Crippen LogP contribution in [0.2, 0.25) is 0 Å². The van der Waals surface area contributed by atoms with Crippen molar-refractivity contribution in [3.8, 4) is 5.75 Å². The van der Waals surface area contributed by atoms with Crippen molar-refractivity contribution >= 4 is 23.6 Å². The van der Waals surface area contributed by atoms with Crippen LogP contribution in [0.3, 0.4) is 0 Å². The van der Waals surface area contributed by atoms with Crippen LogP contribution >= 0.6 is 11.8 Å². The van der Waals surface area contributed by atoms with E-state index in [1.807, 2.05) is 12.3 Å². The van der Waals surface area contributed by atoms with Gasteiger partial charge >= 0.3 is 5.97 Å². The summed E-state index contributed by atoms with van der Waals surface area (Å²) < 4.78 is 10.4. The van der Waals surface area contributed by atoms with Gasteiger partial charge in [-0.15, -0.1) is 11.8 Å². The molecule has 1 aliphatic rings. The highest BCUT2D eigenvalue weighted by molar-refractivity contribution is 7.98. The van der Waals surface area contributed by atoms with E-state index in [1.54, 1.807) is 23.9 Å². The zero-order valence-corrected chi connectivity index (χ0v) is 15.1. The summed E-state index contributed by atoms with van der Waals surface area (Å²) in [6.45, 7) is -0.261. The molecule has 1 N–H and O–H groups in total. The maximum Gasteiger partial charge on any atom is 0.342 e. The van der Waals surface area contributed by atoms with Gasteiger partial charge in [-0.1, -0.05) is 25.7 Å². The maximum atomic E-state index is 12.2. The van der Waals surface area contributed by atoms with Crippen molar-refractivity contribution in [3.05, 3.63) is 23.8 Å². The Morgan fingerprint density at radius 1 is 1.21 bits per heavy atom. The average molecular weight is 351 g/mol. The quantitative estimate of drug-likeness (QED) is 0.483. The summed E-state index contributed by atoms with van der Waals surface area (Å²) >= 11 is 1.56. The molecule has 0 atom stereocenters. The molecule has 5 nitrogen and oxygen atoms in total. The summed E-state index contributed by atoms with van der Waals surface area (Å²) in [5.41, 5.74) is 0.331. The highest BCUT2D eigenvalue weighted by Gasteiger charge is 2.18. The van der Waals surface area contributed by atoms with Gasteiger partial charge < -0.3 is 14.8 Å². The Morgan fingerprint density at radius 3 is 2.54 bits per heavy atom. The van der Waals surface area contributed by atoms with E-state index in [-0.39, 0.29) is 18.6 Å². The molecular formula is C18H25NO4S. The van der Waals surface area contributed by atoms with E-state index in [9.17, 15) is 9.59 Å². The highest BCUT2D eigenvalue weighted by Crippen LogP contribution is 2.25. The van der Waals surface area contributed by atoms with Gasteiger partial charge in [0.2, 0.25) is 0 Å². The highest BCUT2D eigenvalue weighted by atomic mass is 32.2. The third-order valence-electron chi connectivity index (χ3n) is 4.18. The van der Waals surface area contributed by atoms with Crippen molar-refractivity contribution in [2.75, 3.05) is 20.0 Å². The molecule has 132 valence electrons. The topological polar surface area (TPSA) is 64.6 Å². The molecule has 0 heterocycles. The second kappa shape index (κ2) is 9.57. The molecule has 0 spiro atoms. The predicted molar refractivity (Wildman–Crippen MR) is 94.7 cm³/mol. The maximum absolute atomic E-state index is 12.2. The molecule has 2 rings (SSSR count). The number of methoxy groups -OCH3 is 1. The fourth-order valence-electron chi connectivity index (χ4n) is 2.87. The molecule has 0 unspecified atom stereocenters. The minimum Gasteiger partial charge on any atom is -0.496 e. The van der Waals surface area contributed by atoms with Gasteiger partial charge in [-0.05, 0) is 37.3 Å². The zero-order valence-electron chi connectivity index (χ0n) is 14.3. The Balaban J connectivity index is 1.87. The molecule has 0 aromatic heterocycles. The van der Waals surface area contributed by atoms with Gasteiger partial charge in [0.25, 0.3) is 5.91 Å². The third kappa shape index (κ3) is 5.44. The Bertz CT molecular complexity index is 568. The Labute approximate surface area is 147 Å². The van der Waals surface area contributed by atoms with Crippen LogP contribution in [0.5, 0.6) is 5.75 Å². The molecule has 0 aliphatic heterocycles. The van der Waals surface area contributed by atoms with Gasteiger partial charge in [-0.25, -0.2) is 4.79 Å². The van der Waals surface area contributed by atoms with Crippen LogP contribution in [0.25, 0.3) is 0 Å². The first-order valence-corrected chi connectivity index (χ1v) is 9.55. The second-order valence-corrected chi connectivity index (χ2v) is 6.78. The molecule has 1 amide bonds. The van der Waals surface area contributed by atoms with E-state index in [1.165, 1.54) is 20.0 Å². The first-order chi connectivity index (χ1) is 11.6. The lowest BCUT2D eigenvalue weighted by atomic mass is 10.1. The molecule has 0 bridgehead atoms. The van der Waals surface area contributed by atoms with Crippen LogP contribution in [0.4, 0.5) is 0 Å². The Morgan fingerprint density at radius 2 is 1.92 bits per heavy atom.